The van der Waals surface area contributed by atoms with Crippen LogP contribution < -0.4 is 10.9 Å². The van der Waals surface area contributed by atoms with Crippen molar-refractivity contribution < 1.29 is 0 Å². The van der Waals surface area contributed by atoms with Crippen LogP contribution in [0.3, 0.4) is 0 Å². The zero-order valence-electron chi connectivity index (χ0n) is 16.9. The second-order valence-electron chi connectivity index (χ2n) is 8.73. The molecule has 0 aliphatic heterocycles. The maximum atomic E-state index is 13.3. The zero-order chi connectivity index (χ0) is 21.1. The van der Waals surface area contributed by atoms with Crippen molar-refractivity contribution in [3.05, 3.63) is 105 Å². The van der Waals surface area contributed by atoms with E-state index < -0.39 is 0 Å². The normalized spacial score (nSPS) is 12.6. The van der Waals surface area contributed by atoms with Gasteiger partial charge in [-0.05, 0) is 66.0 Å². The van der Waals surface area contributed by atoms with E-state index in [1.807, 2.05) is 12.1 Å². The van der Waals surface area contributed by atoms with E-state index in [-0.39, 0.29) is 10.9 Å². The maximum absolute atomic E-state index is 13.3. The fraction of sp³-hybridized carbons (Fsp3) is 0. The van der Waals surface area contributed by atoms with Gasteiger partial charge in [0.05, 0.1) is 0 Å². The van der Waals surface area contributed by atoms with E-state index >= 15 is 0 Å². The summed E-state index contributed by atoms with van der Waals surface area (Å²) >= 11 is 0. The molecule has 8 aromatic carbocycles. The number of rotatable bonds is 0. The van der Waals surface area contributed by atoms with Crippen LogP contribution in [-0.4, -0.2) is 0 Å². The third kappa shape index (κ3) is 1.68. The summed E-state index contributed by atoms with van der Waals surface area (Å²) in [6.45, 7) is 0. The molecule has 0 fully saturated rings. The van der Waals surface area contributed by atoms with Crippen LogP contribution >= 0.6 is 0 Å². The highest BCUT2D eigenvalue weighted by molar-refractivity contribution is 6.49. The molecule has 8 rings (SSSR count). The van der Waals surface area contributed by atoms with Crippen LogP contribution in [0.1, 0.15) is 0 Å². The van der Waals surface area contributed by atoms with Crippen LogP contribution in [0.25, 0.3) is 75.4 Å². The van der Waals surface area contributed by atoms with E-state index in [9.17, 15) is 9.59 Å². The van der Waals surface area contributed by atoms with Gasteiger partial charge in [0.1, 0.15) is 0 Å². The van der Waals surface area contributed by atoms with Gasteiger partial charge in [0.2, 0.25) is 0 Å². The number of benzene rings is 6. The van der Waals surface area contributed by atoms with Gasteiger partial charge in [-0.3, -0.25) is 9.59 Å². The highest BCUT2D eigenvalue weighted by atomic mass is 16.1. The first-order valence-electron chi connectivity index (χ1n) is 10.8. The van der Waals surface area contributed by atoms with Crippen molar-refractivity contribution in [2.45, 2.75) is 0 Å². The molecular weight excluding hydrogens is 392 g/mol. The molecule has 0 aliphatic rings. The standard InChI is InChI=1S/C30H14O2/c31-21-13-14-22(32)30-28-20-12-4-8-16-6-2-10-18(24(16)20)26(28)25-17-9-1-5-15-7-3-11-19(23(15)17)27(25)29(21)30/h1-14H. The number of hydrogen-bond donors (Lipinski definition) is 0. The van der Waals surface area contributed by atoms with Crippen LogP contribution in [0.4, 0.5) is 0 Å². The molecule has 0 heterocycles. The van der Waals surface area contributed by atoms with E-state index in [2.05, 4.69) is 60.7 Å². The molecule has 0 saturated carbocycles. The van der Waals surface area contributed by atoms with Crippen LogP contribution in [-0.2, 0) is 0 Å². The SMILES string of the molecule is O=c1ccc(=O)c2c1c1c3cccc4cccc(c43)c1c1c3cccc4cccc(c43)c21. The average molecular weight is 406 g/mol. The lowest BCUT2D eigenvalue weighted by Gasteiger charge is -2.05. The third-order valence-electron chi connectivity index (χ3n) is 7.27. The molecule has 0 saturated heterocycles. The van der Waals surface area contributed by atoms with Gasteiger partial charge in [0, 0.05) is 21.5 Å². The highest BCUT2D eigenvalue weighted by Gasteiger charge is 2.24. The summed E-state index contributed by atoms with van der Waals surface area (Å²) in [4.78, 5) is 26.7. The molecule has 146 valence electrons. The molecule has 8 aromatic rings. The highest BCUT2D eigenvalue weighted by Crippen LogP contribution is 2.49. The summed E-state index contributed by atoms with van der Waals surface area (Å²) in [5.41, 5.74) is -0.182. The van der Waals surface area contributed by atoms with Crippen molar-refractivity contribution >= 4 is 75.4 Å². The molecule has 0 atom stereocenters. The Morgan fingerprint density at radius 1 is 0.312 bits per heavy atom. The van der Waals surface area contributed by atoms with Crippen LogP contribution in [0.15, 0.2) is 94.5 Å². The monoisotopic (exact) mass is 406 g/mol. The number of fused-ring (bicyclic) bond motifs is 10. The fourth-order valence-electron chi connectivity index (χ4n) is 6.15. The van der Waals surface area contributed by atoms with E-state index in [4.69, 9.17) is 0 Å². The Balaban J connectivity index is 1.95. The van der Waals surface area contributed by atoms with E-state index in [1.165, 1.54) is 22.9 Å². The Kier molecular flexibility index (Phi) is 2.71. The average Bonchev–Trinajstić information content (AvgIpc) is 3.33. The van der Waals surface area contributed by atoms with Crippen LogP contribution in [0.5, 0.6) is 0 Å². The molecule has 0 spiro atoms. The van der Waals surface area contributed by atoms with Gasteiger partial charge in [-0.15, -0.1) is 0 Å². The summed E-state index contributed by atoms with van der Waals surface area (Å²) in [5, 5.41) is 14.1. The second-order valence-corrected chi connectivity index (χ2v) is 8.73. The Bertz CT molecular complexity index is 2010. The van der Waals surface area contributed by atoms with E-state index in [0.717, 1.165) is 53.9 Å². The summed E-state index contributed by atoms with van der Waals surface area (Å²) in [6, 6.07) is 28.0. The van der Waals surface area contributed by atoms with Gasteiger partial charge in [-0.2, -0.15) is 0 Å². The van der Waals surface area contributed by atoms with Crippen molar-refractivity contribution in [3.63, 3.8) is 0 Å². The summed E-state index contributed by atoms with van der Waals surface area (Å²) in [5.74, 6) is 0. The molecule has 0 amide bonds. The van der Waals surface area contributed by atoms with Crippen molar-refractivity contribution in [3.8, 4) is 0 Å². The minimum atomic E-state index is -0.0911. The van der Waals surface area contributed by atoms with Crippen LogP contribution in [0, 0.1) is 0 Å². The Labute approximate surface area is 180 Å². The molecule has 0 bridgehead atoms. The van der Waals surface area contributed by atoms with Gasteiger partial charge in [-0.25, -0.2) is 0 Å². The van der Waals surface area contributed by atoms with E-state index in [1.54, 1.807) is 0 Å². The molecule has 0 aliphatic carbocycles. The fourth-order valence-corrected chi connectivity index (χ4v) is 6.15. The van der Waals surface area contributed by atoms with Crippen molar-refractivity contribution in [1.29, 1.82) is 0 Å². The molecule has 32 heavy (non-hydrogen) atoms. The number of hydrogen-bond acceptors (Lipinski definition) is 2. The Morgan fingerprint density at radius 3 is 0.969 bits per heavy atom. The predicted molar refractivity (Wildman–Crippen MR) is 135 cm³/mol. The lowest BCUT2D eigenvalue weighted by Crippen LogP contribution is -2.09. The van der Waals surface area contributed by atoms with Crippen LogP contribution in [0.2, 0.25) is 0 Å². The third-order valence-corrected chi connectivity index (χ3v) is 7.27. The first-order valence-corrected chi connectivity index (χ1v) is 10.8. The smallest absolute Gasteiger partial charge is 0.187 e. The van der Waals surface area contributed by atoms with Crippen molar-refractivity contribution in [1.82, 2.24) is 0 Å². The Hall–Kier alpha value is -4.30. The Morgan fingerprint density at radius 2 is 0.625 bits per heavy atom. The van der Waals surface area contributed by atoms with E-state index in [0.29, 0.717) is 10.8 Å². The molecular formula is C30H14O2. The molecule has 0 unspecified atom stereocenters. The second kappa shape index (κ2) is 5.30. The molecule has 2 nitrogen and oxygen atoms in total. The summed E-state index contributed by atoms with van der Waals surface area (Å²) in [7, 11) is 0. The quantitative estimate of drug-likeness (QED) is 0.278. The first-order chi connectivity index (χ1) is 15.7. The van der Waals surface area contributed by atoms with Crippen molar-refractivity contribution in [2.75, 3.05) is 0 Å². The summed E-state index contributed by atoms with van der Waals surface area (Å²) < 4.78 is 0. The maximum Gasteiger partial charge on any atom is 0.187 e. The predicted octanol–water partition coefficient (Wildman–Crippen LogP) is 6.79. The zero-order valence-corrected chi connectivity index (χ0v) is 16.9. The largest absolute Gasteiger partial charge is 0.289 e. The lowest BCUT2D eigenvalue weighted by atomic mass is 9.96. The minimum absolute atomic E-state index is 0.0911. The molecule has 0 radical (unpaired) electrons. The van der Waals surface area contributed by atoms with Crippen molar-refractivity contribution in [2.24, 2.45) is 0 Å². The molecule has 0 N–H and O–H groups in total. The van der Waals surface area contributed by atoms with Gasteiger partial charge < -0.3 is 0 Å². The topological polar surface area (TPSA) is 34.1 Å². The summed E-state index contributed by atoms with van der Waals surface area (Å²) in [6.07, 6.45) is 0. The van der Waals surface area contributed by atoms with Gasteiger partial charge in [-0.1, -0.05) is 72.8 Å². The minimum Gasteiger partial charge on any atom is -0.289 e. The van der Waals surface area contributed by atoms with Gasteiger partial charge >= 0.3 is 0 Å². The van der Waals surface area contributed by atoms with Gasteiger partial charge in [0.15, 0.2) is 10.9 Å². The first kappa shape index (κ1) is 16.4. The molecule has 0 aromatic heterocycles. The lowest BCUT2D eigenvalue weighted by molar-refractivity contribution is 1.63. The molecule has 2 heteroatoms. The van der Waals surface area contributed by atoms with Gasteiger partial charge in [0.25, 0.3) is 0 Å².